The molecule has 16 heavy (non-hydrogen) atoms. The van der Waals surface area contributed by atoms with E-state index in [1.807, 2.05) is 20.0 Å². The molecule has 5 nitrogen and oxygen atoms in total. The number of hydrogen-bond acceptors (Lipinski definition) is 3. The summed E-state index contributed by atoms with van der Waals surface area (Å²) in [5.74, 6) is -0.129. The molecule has 1 amide bonds. The molecule has 0 bridgehead atoms. The van der Waals surface area contributed by atoms with Gasteiger partial charge in [-0.05, 0) is 26.3 Å². The van der Waals surface area contributed by atoms with E-state index in [0.717, 1.165) is 6.42 Å². The highest BCUT2D eigenvalue weighted by Crippen LogP contribution is 2.03. The van der Waals surface area contributed by atoms with Crippen LogP contribution in [0.1, 0.15) is 36.8 Å². The molecule has 0 aliphatic heterocycles. The Hall–Kier alpha value is -1.36. The number of aromatic nitrogens is 2. The molecule has 0 radical (unpaired) electrons. The Morgan fingerprint density at radius 3 is 2.94 bits per heavy atom. The molecule has 0 unspecified atom stereocenters. The van der Waals surface area contributed by atoms with Crippen molar-refractivity contribution in [2.45, 2.75) is 26.3 Å². The largest absolute Gasteiger partial charge is 0.385 e. The summed E-state index contributed by atoms with van der Waals surface area (Å²) in [6.45, 7) is 5.31. The summed E-state index contributed by atoms with van der Waals surface area (Å²) >= 11 is 0. The van der Waals surface area contributed by atoms with Crippen molar-refractivity contribution in [1.82, 2.24) is 15.1 Å². The highest BCUT2D eigenvalue weighted by molar-refractivity contribution is 5.92. The van der Waals surface area contributed by atoms with Crippen LogP contribution in [-0.2, 0) is 4.74 Å². The Morgan fingerprint density at radius 1 is 1.62 bits per heavy atom. The molecule has 0 aliphatic carbocycles. The molecule has 1 aromatic rings. The zero-order valence-corrected chi connectivity index (χ0v) is 10.1. The quantitative estimate of drug-likeness (QED) is 0.741. The van der Waals surface area contributed by atoms with Gasteiger partial charge in [-0.1, -0.05) is 0 Å². The third-order valence-corrected chi connectivity index (χ3v) is 2.18. The molecule has 1 aromatic heterocycles. The number of nitrogens with zero attached hydrogens (tertiary/aromatic N) is 2. The van der Waals surface area contributed by atoms with Gasteiger partial charge in [0, 0.05) is 32.5 Å². The summed E-state index contributed by atoms with van der Waals surface area (Å²) in [6, 6.07) is 2.00. The normalized spacial score (nSPS) is 10.8. The van der Waals surface area contributed by atoms with E-state index >= 15 is 0 Å². The smallest absolute Gasteiger partial charge is 0.271 e. The fourth-order valence-electron chi connectivity index (χ4n) is 1.26. The van der Waals surface area contributed by atoms with E-state index in [1.54, 1.807) is 17.9 Å². The van der Waals surface area contributed by atoms with Crippen molar-refractivity contribution in [1.29, 1.82) is 0 Å². The van der Waals surface area contributed by atoms with Gasteiger partial charge < -0.3 is 10.1 Å². The molecular weight excluding hydrogens is 206 g/mol. The predicted octanol–water partition coefficient (Wildman–Crippen LogP) is 1.23. The summed E-state index contributed by atoms with van der Waals surface area (Å²) < 4.78 is 6.66. The zero-order valence-electron chi connectivity index (χ0n) is 10.1. The molecule has 0 saturated heterocycles. The van der Waals surface area contributed by atoms with Crippen LogP contribution in [0.5, 0.6) is 0 Å². The standard InChI is InChI=1S/C11H19N3O2/c1-9(2)14-7-5-10(13-14)11(15)12-6-4-8-16-3/h5,7,9H,4,6,8H2,1-3H3,(H,12,15). The number of rotatable bonds is 6. The highest BCUT2D eigenvalue weighted by Gasteiger charge is 2.09. The third-order valence-electron chi connectivity index (χ3n) is 2.18. The first-order chi connectivity index (χ1) is 7.65. The van der Waals surface area contributed by atoms with E-state index in [4.69, 9.17) is 4.74 Å². The minimum absolute atomic E-state index is 0.129. The summed E-state index contributed by atoms with van der Waals surface area (Å²) in [5.41, 5.74) is 0.464. The maximum absolute atomic E-state index is 11.6. The van der Waals surface area contributed by atoms with Crippen LogP contribution >= 0.6 is 0 Å². The van der Waals surface area contributed by atoms with Gasteiger partial charge in [0.25, 0.3) is 5.91 Å². The van der Waals surface area contributed by atoms with Crippen LogP contribution in [0.2, 0.25) is 0 Å². The van der Waals surface area contributed by atoms with Gasteiger partial charge in [0.1, 0.15) is 5.69 Å². The van der Waals surface area contributed by atoms with E-state index < -0.39 is 0 Å². The first kappa shape index (κ1) is 12.7. The SMILES string of the molecule is COCCCNC(=O)c1ccn(C(C)C)n1. The third kappa shape index (κ3) is 3.66. The van der Waals surface area contributed by atoms with Crippen LogP contribution in [0.3, 0.4) is 0 Å². The molecule has 1 rings (SSSR count). The number of hydrogen-bond donors (Lipinski definition) is 1. The van der Waals surface area contributed by atoms with Crippen molar-refractivity contribution in [3.8, 4) is 0 Å². The van der Waals surface area contributed by atoms with Crippen molar-refractivity contribution in [3.05, 3.63) is 18.0 Å². The first-order valence-electron chi connectivity index (χ1n) is 5.47. The predicted molar refractivity (Wildman–Crippen MR) is 61.4 cm³/mol. The Morgan fingerprint density at radius 2 is 2.38 bits per heavy atom. The van der Waals surface area contributed by atoms with Crippen molar-refractivity contribution in [3.63, 3.8) is 0 Å². The lowest BCUT2D eigenvalue weighted by molar-refractivity contribution is 0.0942. The molecule has 0 saturated carbocycles. The Labute approximate surface area is 95.8 Å². The van der Waals surface area contributed by atoms with Crippen LogP contribution in [-0.4, -0.2) is 35.9 Å². The van der Waals surface area contributed by atoms with Crippen LogP contribution in [0.15, 0.2) is 12.3 Å². The molecule has 1 heterocycles. The second-order valence-corrected chi connectivity index (χ2v) is 3.88. The fraction of sp³-hybridized carbons (Fsp3) is 0.636. The molecule has 90 valence electrons. The second-order valence-electron chi connectivity index (χ2n) is 3.88. The minimum Gasteiger partial charge on any atom is -0.385 e. The molecule has 5 heteroatoms. The van der Waals surface area contributed by atoms with Crippen LogP contribution in [0.4, 0.5) is 0 Å². The number of methoxy groups -OCH3 is 1. The number of carbonyl (C=O) groups is 1. The van der Waals surface area contributed by atoms with Crippen LogP contribution < -0.4 is 5.32 Å². The Bertz CT molecular complexity index is 334. The summed E-state index contributed by atoms with van der Waals surface area (Å²) in [7, 11) is 1.64. The molecule has 0 aliphatic rings. The van der Waals surface area contributed by atoms with Gasteiger partial charge in [-0.2, -0.15) is 5.10 Å². The number of ether oxygens (including phenoxy) is 1. The van der Waals surface area contributed by atoms with Gasteiger partial charge in [-0.15, -0.1) is 0 Å². The number of carbonyl (C=O) groups excluding carboxylic acids is 1. The van der Waals surface area contributed by atoms with Crippen LogP contribution in [0.25, 0.3) is 0 Å². The van der Waals surface area contributed by atoms with Gasteiger partial charge in [-0.3, -0.25) is 9.48 Å². The maximum Gasteiger partial charge on any atom is 0.271 e. The molecule has 0 fully saturated rings. The summed E-state index contributed by atoms with van der Waals surface area (Å²) in [5, 5.41) is 6.97. The number of nitrogens with one attached hydrogen (secondary N) is 1. The molecule has 0 spiro atoms. The minimum atomic E-state index is -0.129. The Balaban J connectivity index is 2.40. The van der Waals surface area contributed by atoms with E-state index in [9.17, 15) is 4.79 Å². The van der Waals surface area contributed by atoms with Gasteiger partial charge in [0.15, 0.2) is 0 Å². The second kappa shape index (κ2) is 6.27. The number of amides is 1. The Kier molecular flexibility index (Phi) is 4.98. The van der Waals surface area contributed by atoms with Crippen molar-refractivity contribution >= 4 is 5.91 Å². The van der Waals surface area contributed by atoms with E-state index in [2.05, 4.69) is 10.4 Å². The van der Waals surface area contributed by atoms with Crippen LogP contribution in [0, 0.1) is 0 Å². The maximum atomic E-state index is 11.6. The average Bonchev–Trinajstić information content (AvgIpc) is 2.73. The lowest BCUT2D eigenvalue weighted by atomic mass is 10.4. The van der Waals surface area contributed by atoms with Crippen molar-refractivity contribution in [2.75, 3.05) is 20.3 Å². The van der Waals surface area contributed by atoms with Crippen molar-refractivity contribution in [2.24, 2.45) is 0 Å². The lowest BCUT2D eigenvalue weighted by Crippen LogP contribution is -2.25. The van der Waals surface area contributed by atoms with Gasteiger partial charge >= 0.3 is 0 Å². The van der Waals surface area contributed by atoms with E-state index in [0.29, 0.717) is 18.8 Å². The zero-order chi connectivity index (χ0) is 12.0. The van der Waals surface area contributed by atoms with Gasteiger partial charge in [0.2, 0.25) is 0 Å². The molecular formula is C11H19N3O2. The lowest BCUT2D eigenvalue weighted by Gasteiger charge is -2.04. The van der Waals surface area contributed by atoms with E-state index in [1.165, 1.54) is 0 Å². The fourth-order valence-corrected chi connectivity index (χ4v) is 1.26. The average molecular weight is 225 g/mol. The molecule has 1 N–H and O–H groups in total. The molecule has 0 aromatic carbocycles. The molecule has 0 atom stereocenters. The van der Waals surface area contributed by atoms with Gasteiger partial charge in [0.05, 0.1) is 0 Å². The monoisotopic (exact) mass is 225 g/mol. The van der Waals surface area contributed by atoms with E-state index in [-0.39, 0.29) is 11.9 Å². The summed E-state index contributed by atoms with van der Waals surface area (Å²) in [6.07, 6.45) is 2.63. The first-order valence-corrected chi connectivity index (χ1v) is 5.47. The topological polar surface area (TPSA) is 56.1 Å². The van der Waals surface area contributed by atoms with Gasteiger partial charge in [-0.25, -0.2) is 0 Å². The van der Waals surface area contributed by atoms with Crippen molar-refractivity contribution < 1.29 is 9.53 Å². The summed E-state index contributed by atoms with van der Waals surface area (Å²) in [4.78, 5) is 11.6. The highest BCUT2D eigenvalue weighted by atomic mass is 16.5.